The first-order chi connectivity index (χ1) is 8.44. The average molecular weight is 251 g/mol. The van der Waals surface area contributed by atoms with Gasteiger partial charge in [0.2, 0.25) is 5.89 Å². The number of rotatable bonds is 4. The van der Waals surface area contributed by atoms with Crippen LogP contribution >= 0.6 is 0 Å². The number of hydrogen-bond donors (Lipinski definition) is 1. The summed E-state index contributed by atoms with van der Waals surface area (Å²) in [6, 6.07) is 0. The van der Waals surface area contributed by atoms with Gasteiger partial charge in [-0.3, -0.25) is 0 Å². The van der Waals surface area contributed by atoms with E-state index in [9.17, 15) is 0 Å². The zero-order valence-electron chi connectivity index (χ0n) is 11.8. The fourth-order valence-corrected chi connectivity index (χ4v) is 2.63. The first kappa shape index (κ1) is 13.5. The van der Waals surface area contributed by atoms with Crippen molar-refractivity contribution in [2.24, 2.45) is 11.7 Å². The Bertz CT molecular complexity index is 381. The Morgan fingerprint density at radius 1 is 1.39 bits per heavy atom. The van der Waals surface area contributed by atoms with Gasteiger partial charge in [-0.05, 0) is 39.0 Å². The Morgan fingerprint density at radius 2 is 2.17 bits per heavy atom. The van der Waals surface area contributed by atoms with E-state index in [-0.39, 0.29) is 5.54 Å². The van der Waals surface area contributed by atoms with Gasteiger partial charge < -0.3 is 10.3 Å². The van der Waals surface area contributed by atoms with Gasteiger partial charge in [0.25, 0.3) is 0 Å². The molecule has 4 nitrogen and oxygen atoms in total. The molecule has 0 bridgehead atoms. The second kappa shape index (κ2) is 5.39. The van der Waals surface area contributed by atoms with Crippen molar-refractivity contribution < 1.29 is 4.52 Å². The Kier molecular flexibility index (Phi) is 4.05. The molecule has 18 heavy (non-hydrogen) atoms. The summed E-state index contributed by atoms with van der Waals surface area (Å²) in [5.41, 5.74) is 5.79. The maximum absolute atomic E-state index is 5.96. The van der Waals surface area contributed by atoms with E-state index in [0.717, 1.165) is 30.5 Å². The van der Waals surface area contributed by atoms with Crippen molar-refractivity contribution in [2.75, 3.05) is 0 Å². The van der Waals surface area contributed by atoms with Gasteiger partial charge in [-0.2, -0.15) is 4.98 Å². The molecule has 1 aliphatic rings. The van der Waals surface area contributed by atoms with Crippen molar-refractivity contribution in [3.05, 3.63) is 11.7 Å². The Labute approximate surface area is 109 Å². The van der Waals surface area contributed by atoms with Crippen molar-refractivity contribution in [2.45, 2.75) is 70.8 Å². The maximum atomic E-state index is 5.96. The van der Waals surface area contributed by atoms with Crippen LogP contribution in [0.1, 0.15) is 70.5 Å². The number of aryl methyl sites for hydroxylation is 1. The van der Waals surface area contributed by atoms with Crippen LogP contribution in [0.2, 0.25) is 0 Å². The standard InChI is InChI=1S/C14H25N3O/c1-10-5-4-6-11(9-10)13-16-12(18-17-13)7-8-14(2,3)15/h10-11H,4-9,15H2,1-3H3. The smallest absolute Gasteiger partial charge is 0.226 e. The Morgan fingerprint density at radius 3 is 2.83 bits per heavy atom. The number of aromatic nitrogens is 2. The molecule has 0 aromatic carbocycles. The third kappa shape index (κ3) is 3.80. The van der Waals surface area contributed by atoms with Crippen molar-refractivity contribution in [3.8, 4) is 0 Å². The van der Waals surface area contributed by atoms with Gasteiger partial charge in [-0.25, -0.2) is 0 Å². The highest BCUT2D eigenvalue weighted by Crippen LogP contribution is 2.34. The third-order valence-corrected chi connectivity index (χ3v) is 3.77. The quantitative estimate of drug-likeness (QED) is 0.893. The summed E-state index contributed by atoms with van der Waals surface area (Å²) in [6.45, 7) is 6.35. The SMILES string of the molecule is CC1CCCC(c2noc(CCC(C)(C)N)n2)C1. The van der Waals surface area contributed by atoms with Gasteiger partial charge in [-0.1, -0.05) is 24.9 Å². The molecule has 1 fully saturated rings. The van der Waals surface area contributed by atoms with Gasteiger partial charge >= 0.3 is 0 Å². The summed E-state index contributed by atoms with van der Waals surface area (Å²) in [6.07, 6.45) is 6.66. The number of nitrogens with zero attached hydrogens (tertiary/aromatic N) is 2. The van der Waals surface area contributed by atoms with Crippen LogP contribution in [0.15, 0.2) is 4.52 Å². The van der Waals surface area contributed by atoms with Gasteiger partial charge in [0, 0.05) is 17.9 Å². The van der Waals surface area contributed by atoms with E-state index in [2.05, 4.69) is 17.1 Å². The average Bonchev–Trinajstić information content (AvgIpc) is 2.74. The highest BCUT2D eigenvalue weighted by atomic mass is 16.5. The monoisotopic (exact) mass is 251 g/mol. The normalized spacial score (nSPS) is 25.3. The number of hydrogen-bond acceptors (Lipinski definition) is 4. The van der Waals surface area contributed by atoms with Crippen molar-refractivity contribution in [3.63, 3.8) is 0 Å². The lowest BCUT2D eigenvalue weighted by Gasteiger charge is -2.23. The van der Waals surface area contributed by atoms with E-state index in [4.69, 9.17) is 10.3 Å². The molecule has 0 aliphatic heterocycles. The minimum atomic E-state index is -0.173. The molecule has 1 aromatic heterocycles. The lowest BCUT2D eigenvalue weighted by Crippen LogP contribution is -2.32. The predicted octanol–water partition coefficient (Wildman–Crippen LogP) is 3.03. The zero-order chi connectivity index (χ0) is 13.2. The molecule has 0 spiro atoms. The molecular formula is C14H25N3O. The third-order valence-electron chi connectivity index (χ3n) is 3.77. The predicted molar refractivity (Wildman–Crippen MR) is 71.3 cm³/mol. The van der Waals surface area contributed by atoms with Gasteiger partial charge in [0.15, 0.2) is 5.82 Å². The van der Waals surface area contributed by atoms with E-state index >= 15 is 0 Å². The van der Waals surface area contributed by atoms with Crippen molar-refractivity contribution in [1.82, 2.24) is 10.1 Å². The minimum absolute atomic E-state index is 0.173. The minimum Gasteiger partial charge on any atom is -0.339 e. The molecule has 1 aliphatic carbocycles. The van der Waals surface area contributed by atoms with Crippen LogP contribution in [-0.2, 0) is 6.42 Å². The summed E-state index contributed by atoms with van der Waals surface area (Å²) in [5.74, 6) is 2.93. The number of nitrogens with two attached hydrogens (primary N) is 1. The molecule has 0 radical (unpaired) electrons. The Hall–Kier alpha value is -0.900. The van der Waals surface area contributed by atoms with Crippen LogP contribution in [0.25, 0.3) is 0 Å². The highest BCUT2D eigenvalue weighted by Gasteiger charge is 2.24. The largest absolute Gasteiger partial charge is 0.339 e. The summed E-state index contributed by atoms with van der Waals surface area (Å²) >= 11 is 0. The van der Waals surface area contributed by atoms with E-state index in [1.165, 1.54) is 25.7 Å². The van der Waals surface area contributed by atoms with Crippen LogP contribution in [0, 0.1) is 5.92 Å². The van der Waals surface area contributed by atoms with E-state index in [1.807, 2.05) is 13.8 Å². The van der Waals surface area contributed by atoms with Gasteiger partial charge in [0.05, 0.1) is 0 Å². The molecule has 1 aromatic rings. The van der Waals surface area contributed by atoms with E-state index in [0.29, 0.717) is 5.92 Å². The first-order valence-corrected chi connectivity index (χ1v) is 7.05. The summed E-state index contributed by atoms with van der Waals surface area (Å²) in [4.78, 5) is 4.54. The molecule has 0 saturated heterocycles. The van der Waals surface area contributed by atoms with Crippen LogP contribution in [-0.4, -0.2) is 15.7 Å². The fraction of sp³-hybridized carbons (Fsp3) is 0.857. The zero-order valence-corrected chi connectivity index (χ0v) is 11.8. The van der Waals surface area contributed by atoms with Gasteiger partial charge in [0.1, 0.15) is 0 Å². The lowest BCUT2D eigenvalue weighted by atomic mass is 9.82. The molecule has 1 saturated carbocycles. The molecule has 102 valence electrons. The molecule has 2 atom stereocenters. The molecule has 1 heterocycles. The van der Waals surface area contributed by atoms with Crippen LogP contribution in [0.3, 0.4) is 0 Å². The summed E-state index contributed by atoms with van der Waals surface area (Å²) in [5, 5.41) is 4.15. The van der Waals surface area contributed by atoms with Crippen molar-refractivity contribution in [1.29, 1.82) is 0 Å². The second-order valence-corrected chi connectivity index (χ2v) is 6.50. The van der Waals surface area contributed by atoms with E-state index in [1.54, 1.807) is 0 Å². The van der Waals surface area contributed by atoms with Crippen molar-refractivity contribution >= 4 is 0 Å². The second-order valence-electron chi connectivity index (χ2n) is 6.50. The topological polar surface area (TPSA) is 64.9 Å². The highest BCUT2D eigenvalue weighted by molar-refractivity contribution is 4.98. The molecule has 4 heteroatoms. The maximum Gasteiger partial charge on any atom is 0.226 e. The van der Waals surface area contributed by atoms with Crippen LogP contribution < -0.4 is 5.73 Å². The summed E-state index contributed by atoms with van der Waals surface area (Å²) in [7, 11) is 0. The fourth-order valence-electron chi connectivity index (χ4n) is 2.63. The molecule has 2 N–H and O–H groups in total. The Balaban J connectivity index is 1.93. The molecule has 2 unspecified atom stereocenters. The van der Waals surface area contributed by atoms with Crippen LogP contribution in [0.4, 0.5) is 0 Å². The lowest BCUT2D eigenvalue weighted by molar-refractivity contribution is 0.317. The molecule has 0 amide bonds. The molecule has 2 rings (SSSR count). The summed E-state index contributed by atoms with van der Waals surface area (Å²) < 4.78 is 5.33. The molecular weight excluding hydrogens is 226 g/mol. The van der Waals surface area contributed by atoms with E-state index < -0.39 is 0 Å². The van der Waals surface area contributed by atoms with Gasteiger partial charge in [-0.15, -0.1) is 0 Å². The first-order valence-electron chi connectivity index (χ1n) is 7.05. The van der Waals surface area contributed by atoms with Crippen LogP contribution in [0.5, 0.6) is 0 Å².